The first-order valence-electron chi connectivity index (χ1n) is 6.34. The van der Waals surface area contributed by atoms with Crippen molar-refractivity contribution in [3.63, 3.8) is 0 Å². The summed E-state index contributed by atoms with van der Waals surface area (Å²) in [5, 5.41) is 0. The second kappa shape index (κ2) is 6.52. The molecule has 0 aromatic heterocycles. The Morgan fingerprint density at radius 3 is 1.94 bits per heavy atom. The molecule has 5 nitrogen and oxygen atoms in total. The van der Waals surface area contributed by atoms with Crippen LogP contribution in [0.15, 0.2) is 0 Å². The van der Waals surface area contributed by atoms with Gasteiger partial charge in [0, 0.05) is 5.92 Å². The molecule has 1 aliphatic rings. The van der Waals surface area contributed by atoms with Crippen LogP contribution in [0, 0.1) is 17.8 Å². The maximum Gasteiger partial charge on any atom is 0.320 e. The van der Waals surface area contributed by atoms with Gasteiger partial charge in [-0.3, -0.25) is 14.4 Å². The fourth-order valence-corrected chi connectivity index (χ4v) is 2.08. The zero-order valence-corrected chi connectivity index (χ0v) is 11.1. The number of Topliss-reactive ketones (excluding diaryl/α,β-unsaturated/α-hetero) is 1. The third kappa shape index (κ3) is 3.82. The predicted molar refractivity (Wildman–Crippen MR) is 63.7 cm³/mol. The summed E-state index contributed by atoms with van der Waals surface area (Å²) in [6.45, 7) is 5.38. The van der Waals surface area contributed by atoms with Gasteiger partial charge in [-0.2, -0.15) is 0 Å². The Hall–Kier alpha value is -1.39. The fraction of sp³-hybridized carbons (Fsp3) is 0.769. The minimum Gasteiger partial charge on any atom is -0.465 e. The Morgan fingerprint density at radius 1 is 1.11 bits per heavy atom. The molecular formula is C13H20O5. The fourth-order valence-electron chi connectivity index (χ4n) is 2.08. The Kier molecular flexibility index (Phi) is 5.31. The lowest BCUT2D eigenvalue weighted by molar-refractivity contribution is -0.162. The molecule has 0 saturated heterocycles. The van der Waals surface area contributed by atoms with Crippen LogP contribution in [0.2, 0.25) is 0 Å². The van der Waals surface area contributed by atoms with Crippen LogP contribution < -0.4 is 0 Å². The molecule has 2 unspecified atom stereocenters. The maximum atomic E-state index is 11.7. The zero-order chi connectivity index (χ0) is 13.7. The van der Waals surface area contributed by atoms with Crippen LogP contribution >= 0.6 is 0 Å². The van der Waals surface area contributed by atoms with Crippen molar-refractivity contribution in [1.82, 2.24) is 0 Å². The quantitative estimate of drug-likeness (QED) is 0.508. The molecule has 18 heavy (non-hydrogen) atoms. The molecule has 1 fully saturated rings. The van der Waals surface area contributed by atoms with Gasteiger partial charge < -0.3 is 9.47 Å². The molecule has 0 heterocycles. The summed E-state index contributed by atoms with van der Waals surface area (Å²) in [7, 11) is 0. The van der Waals surface area contributed by atoms with E-state index in [1.165, 1.54) is 6.92 Å². The zero-order valence-electron chi connectivity index (χ0n) is 11.1. The Balaban J connectivity index is 2.58. The number of ether oxygens (including phenoxy) is 2. The molecule has 0 spiro atoms. The molecule has 102 valence electrons. The summed E-state index contributed by atoms with van der Waals surface area (Å²) >= 11 is 0. The highest BCUT2D eigenvalue weighted by molar-refractivity contribution is 5.95. The smallest absolute Gasteiger partial charge is 0.320 e. The lowest BCUT2D eigenvalue weighted by Gasteiger charge is -2.13. The van der Waals surface area contributed by atoms with Crippen molar-refractivity contribution < 1.29 is 23.9 Å². The van der Waals surface area contributed by atoms with Gasteiger partial charge in [-0.05, 0) is 39.5 Å². The predicted octanol–water partition coefficient (Wildman–Crippen LogP) is 1.34. The second-order valence-electron chi connectivity index (χ2n) is 4.51. The van der Waals surface area contributed by atoms with Gasteiger partial charge in [-0.15, -0.1) is 0 Å². The van der Waals surface area contributed by atoms with Gasteiger partial charge in [-0.1, -0.05) is 0 Å². The van der Waals surface area contributed by atoms with Crippen molar-refractivity contribution in [2.75, 3.05) is 13.2 Å². The van der Waals surface area contributed by atoms with E-state index in [1.54, 1.807) is 13.8 Å². The third-order valence-electron chi connectivity index (χ3n) is 3.13. The highest BCUT2D eigenvalue weighted by Gasteiger charge is 2.45. The maximum absolute atomic E-state index is 11.7. The number of carbonyl (C=O) groups is 3. The number of hydrogen-bond acceptors (Lipinski definition) is 5. The normalized spacial score (nSPS) is 21.6. The van der Waals surface area contributed by atoms with Gasteiger partial charge in [-0.25, -0.2) is 0 Å². The summed E-state index contributed by atoms with van der Waals surface area (Å²) in [6, 6.07) is 0. The molecule has 0 amide bonds. The number of carbonyl (C=O) groups excluding carboxylic acids is 3. The van der Waals surface area contributed by atoms with E-state index in [0.29, 0.717) is 6.42 Å². The van der Waals surface area contributed by atoms with Gasteiger partial charge in [0.1, 0.15) is 5.78 Å². The van der Waals surface area contributed by atoms with E-state index in [4.69, 9.17) is 9.47 Å². The van der Waals surface area contributed by atoms with Crippen LogP contribution in [0.4, 0.5) is 0 Å². The monoisotopic (exact) mass is 256 g/mol. The van der Waals surface area contributed by atoms with Crippen molar-refractivity contribution >= 4 is 17.7 Å². The summed E-state index contributed by atoms with van der Waals surface area (Å²) in [4.78, 5) is 34.5. The first-order valence-corrected chi connectivity index (χ1v) is 6.34. The molecule has 0 N–H and O–H groups in total. The van der Waals surface area contributed by atoms with E-state index in [0.717, 1.165) is 6.42 Å². The summed E-state index contributed by atoms with van der Waals surface area (Å²) < 4.78 is 9.74. The van der Waals surface area contributed by atoms with Crippen LogP contribution in [0.3, 0.4) is 0 Å². The molecule has 1 saturated carbocycles. The van der Waals surface area contributed by atoms with Crippen molar-refractivity contribution in [1.29, 1.82) is 0 Å². The largest absolute Gasteiger partial charge is 0.465 e. The average Bonchev–Trinajstić information content (AvgIpc) is 3.05. The topological polar surface area (TPSA) is 69.7 Å². The molecular weight excluding hydrogens is 236 g/mol. The Labute approximate surface area is 107 Å². The molecule has 0 aromatic rings. The van der Waals surface area contributed by atoms with Gasteiger partial charge >= 0.3 is 11.9 Å². The molecule has 0 aliphatic heterocycles. The highest BCUT2D eigenvalue weighted by Crippen LogP contribution is 2.44. The van der Waals surface area contributed by atoms with E-state index in [-0.39, 0.29) is 30.8 Å². The van der Waals surface area contributed by atoms with Gasteiger partial charge in [0.05, 0.1) is 13.2 Å². The first-order chi connectivity index (χ1) is 8.51. The van der Waals surface area contributed by atoms with Crippen LogP contribution in [-0.2, 0) is 23.9 Å². The van der Waals surface area contributed by atoms with E-state index < -0.39 is 17.9 Å². The molecule has 0 bridgehead atoms. The van der Waals surface area contributed by atoms with Gasteiger partial charge in [0.15, 0.2) is 5.92 Å². The lowest BCUT2D eigenvalue weighted by atomic mass is 10.0. The van der Waals surface area contributed by atoms with Crippen molar-refractivity contribution in [3.8, 4) is 0 Å². The molecule has 2 atom stereocenters. The minimum atomic E-state index is -0.890. The Bertz CT molecular complexity index is 318. The molecule has 0 aromatic carbocycles. The van der Waals surface area contributed by atoms with Gasteiger partial charge in [0.2, 0.25) is 0 Å². The standard InChI is InChI=1S/C13H20O5/c1-4-17-12(15)11(13(16)18-5-2)7-9-6-10(9)8(3)14/h9-11H,4-7H2,1-3H3. The first kappa shape index (κ1) is 14.7. The van der Waals surface area contributed by atoms with Crippen molar-refractivity contribution in [3.05, 3.63) is 0 Å². The van der Waals surface area contributed by atoms with Crippen molar-refractivity contribution in [2.45, 2.75) is 33.6 Å². The van der Waals surface area contributed by atoms with Gasteiger partial charge in [0.25, 0.3) is 0 Å². The molecule has 0 radical (unpaired) electrons. The van der Waals surface area contributed by atoms with E-state index in [2.05, 4.69) is 0 Å². The lowest BCUT2D eigenvalue weighted by Crippen LogP contribution is -2.29. The van der Waals surface area contributed by atoms with E-state index in [9.17, 15) is 14.4 Å². The molecule has 5 heteroatoms. The van der Waals surface area contributed by atoms with Crippen molar-refractivity contribution in [2.24, 2.45) is 17.8 Å². The van der Waals surface area contributed by atoms with E-state index in [1.807, 2.05) is 0 Å². The summed E-state index contributed by atoms with van der Waals surface area (Å²) in [5.41, 5.74) is 0. The third-order valence-corrected chi connectivity index (χ3v) is 3.13. The minimum absolute atomic E-state index is 0.00338. The van der Waals surface area contributed by atoms with Crippen LogP contribution in [0.25, 0.3) is 0 Å². The second-order valence-corrected chi connectivity index (χ2v) is 4.51. The van der Waals surface area contributed by atoms with Crippen LogP contribution in [-0.4, -0.2) is 30.9 Å². The average molecular weight is 256 g/mol. The summed E-state index contributed by atoms with van der Waals surface area (Å²) in [5.74, 6) is -1.77. The van der Waals surface area contributed by atoms with Crippen LogP contribution in [0.1, 0.15) is 33.6 Å². The number of rotatable bonds is 7. The molecule has 1 rings (SSSR count). The van der Waals surface area contributed by atoms with E-state index >= 15 is 0 Å². The number of hydrogen-bond donors (Lipinski definition) is 0. The van der Waals surface area contributed by atoms with Crippen LogP contribution in [0.5, 0.6) is 0 Å². The Morgan fingerprint density at radius 2 is 1.61 bits per heavy atom. The SMILES string of the molecule is CCOC(=O)C(CC1CC1C(C)=O)C(=O)OCC. The molecule has 1 aliphatic carbocycles. The highest BCUT2D eigenvalue weighted by atomic mass is 16.6. The summed E-state index contributed by atoms with van der Waals surface area (Å²) in [6.07, 6.45) is 1.10. The number of ketones is 1. The number of esters is 2.